The van der Waals surface area contributed by atoms with E-state index in [9.17, 15) is 9.50 Å². The van der Waals surface area contributed by atoms with Gasteiger partial charge in [-0.05, 0) is 47.8 Å². The van der Waals surface area contributed by atoms with Crippen LogP contribution in [0.1, 0.15) is 24.3 Å². The van der Waals surface area contributed by atoms with Gasteiger partial charge in [0.2, 0.25) is 0 Å². The lowest BCUT2D eigenvalue weighted by Gasteiger charge is -2.25. The predicted octanol–water partition coefficient (Wildman–Crippen LogP) is 2.77. The van der Waals surface area contributed by atoms with Gasteiger partial charge in [0.15, 0.2) is 11.5 Å². The standard InChI is InChI=1S/C12H15BrFNO2/c1-17-12-9(16)6-8(14)10(11(12)13)7-2-4-15-5-3-7/h6-7,15-16H,2-5H2,1H3. The van der Waals surface area contributed by atoms with Crippen LogP contribution in [0.4, 0.5) is 4.39 Å². The highest BCUT2D eigenvalue weighted by Gasteiger charge is 2.25. The molecule has 5 heteroatoms. The van der Waals surface area contributed by atoms with E-state index in [1.807, 2.05) is 0 Å². The molecule has 0 aliphatic carbocycles. The summed E-state index contributed by atoms with van der Waals surface area (Å²) in [4.78, 5) is 0. The predicted molar refractivity (Wildman–Crippen MR) is 67.2 cm³/mol. The smallest absolute Gasteiger partial charge is 0.175 e. The Morgan fingerprint density at radius 1 is 1.47 bits per heavy atom. The molecule has 0 unspecified atom stereocenters. The minimum absolute atomic E-state index is 0.167. The molecular formula is C12H15BrFNO2. The van der Waals surface area contributed by atoms with Crippen molar-refractivity contribution in [2.24, 2.45) is 0 Å². The molecule has 0 saturated carbocycles. The Hall–Kier alpha value is -0.810. The van der Waals surface area contributed by atoms with Crippen LogP contribution in [0.2, 0.25) is 0 Å². The maximum atomic E-state index is 13.9. The Morgan fingerprint density at radius 2 is 2.12 bits per heavy atom. The first-order valence-corrected chi connectivity index (χ1v) is 6.40. The fourth-order valence-electron chi connectivity index (χ4n) is 2.28. The van der Waals surface area contributed by atoms with Crippen LogP contribution in [-0.2, 0) is 0 Å². The van der Waals surface area contributed by atoms with E-state index >= 15 is 0 Å². The van der Waals surface area contributed by atoms with Crippen LogP contribution in [0.25, 0.3) is 0 Å². The number of piperidine rings is 1. The number of methoxy groups -OCH3 is 1. The number of hydrogen-bond donors (Lipinski definition) is 2. The number of hydrogen-bond acceptors (Lipinski definition) is 3. The zero-order valence-corrected chi connectivity index (χ0v) is 11.2. The Morgan fingerprint density at radius 3 is 2.71 bits per heavy atom. The molecule has 0 bridgehead atoms. The third-order valence-electron chi connectivity index (χ3n) is 3.14. The van der Waals surface area contributed by atoms with Crippen molar-refractivity contribution in [3.8, 4) is 11.5 Å². The molecule has 1 heterocycles. The van der Waals surface area contributed by atoms with E-state index in [1.54, 1.807) is 0 Å². The lowest BCUT2D eigenvalue weighted by Crippen LogP contribution is -2.27. The highest BCUT2D eigenvalue weighted by Crippen LogP contribution is 2.43. The summed E-state index contributed by atoms with van der Waals surface area (Å²) in [7, 11) is 1.46. The second-order valence-electron chi connectivity index (χ2n) is 4.16. The number of benzene rings is 1. The SMILES string of the molecule is COc1c(O)cc(F)c(C2CCNCC2)c1Br. The van der Waals surface area contributed by atoms with E-state index in [-0.39, 0.29) is 17.5 Å². The van der Waals surface area contributed by atoms with Gasteiger partial charge < -0.3 is 15.2 Å². The second kappa shape index (κ2) is 5.23. The van der Waals surface area contributed by atoms with E-state index in [0.717, 1.165) is 32.0 Å². The number of aromatic hydroxyl groups is 1. The monoisotopic (exact) mass is 303 g/mol. The van der Waals surface area contributed by atoms with E-state index in [1.165, 1.54) is 7.11 Å². The van der Waals surface area contributed by atoms with Crippen LogP contribution in [0.5, 0.6) is 11.5 Å². The molecule has 2 N–H and O–H groups in total. The number of ether oxygens (including phenoxy) is 1. The van der Waals surface area contributed by atoms with Crippen molar-refractivity contribution < 1.29 is 14.2 Å². The van der Waals surface area contributed by atoms with Gasteiger partial charge in [-0.3, -0.25) is 0 Å². The van der Waals surface area contributed by atoms with Crippen molar-refractivity contribution in [1.29, 1.82) is 0 Å². The number of rotatable bonds is 2. The minimum atomic E-state index is -0.373. The molecular weight excluding hydrogens is 289 g/mol. The summed E-state index contributed by atoms with van der Waals surface area (Å²) in [6.07, 6.45) is 1.78. The minimum Gasteiger partial charge on any atom is -0.504 e. The van der Waals surface area contributed by atoms with Gasteiger partial charge in [-0.1, -0.05) is 0 Å². The molecule has 0 aromatic heterocycles. The Labute approximate surface area is 108 Å². The summed E-state index contributed by atoms with van der Waals surface area (Å²) in [5.41, 5.74) is 0.612. The van der Waals surface area contributed by atoms with Crippen LogP contribution < -0.4 is 10.1 Å². The lowest BCUT2D eigenvalue weighted by atomic mass is 9.89. The zero-order chi connectivity index (χ0) is 12.4. The van der Waals surface area contributed by atoms with Gasteiger partial charge in [0, 0.05) is 11.6 Å². The summed E-state index contributed by atoms with van der Waals surface area (Å²) < 4.78 is 19.6. The largest absolute Gasteiger partial charge is 0.504 e. The fourth-order valence-corrected chi connectivity index (χ4v) is 3.16. The van der Waals surface area contributed by atoms with E-state index in [2.05, 4.69) is 21.2 Å². The Bertz CT molecular complexity index is 419. The molecule has 1 aromatic rings. The van der Waals surface area contributed by atoms with Gasteiger partial charge in [-0.15, -0.1) is 0 Å². The zero-order valence-electron chi connectivity index (χ0n) is 9.59. The Kier molecular flexibility index (Phi) is 3.89. The molecule has 0 radical (unpaired) electrons. The first-order valence-electron chi connectivity index (χ1n) is 5.60. The molecule has 17 heavy (non-hydrogen) atoms. The summed E-state index contributed by atoms with van der Waals surface area (Å²) in [6, 6.07) is 1.13. The van der Waals surface area contributed by atoms with Gasteiger partial charge in [-0.2, -0.15) is 0 Å². The normalized spacial score (nSPS) is 17.1. The molecule has 0 atom stereocenters. The maximum absolute atomic E-state index is 13.9. The lowest BCUT2D eigenvalue weighted by molar-refractivity contribution is 0.363. The average Bonchev–Trinajstić information content (AvgIpc) is 2.30. The van der Waals surface area contributed by atoms with Crippen LogP contribution in [-0.4, -0.2) is 25.3 Å². The van der Waals surface area contributed by atoms with Gasteiger partial charge in [0.1, 0.15) is 5.82 Å². The second-order valence-corrected chi connectivity index (χ2v) is 4.96. The van der Waals surface area contributed by atoms with Crippen LogP contribution in [0.3, 0.4) is 0 Å². The first-order chi connectivity index (χ1) is 8.15. The van der Waals surface area contributed by atoms with Crippen molar-refractivity contribution in [2.75, 3.05) is 20.2 Å². The molecule has 3 nitrogen and oxygen atoms in total. The summed E-state index contributed by atoms with van der Waals surface area (Å²) in [6.45, 7) is 1.78. The van der Waals surface area contributed by atoms with Crippen LogP contribution in [0.15, 0.2) is 10.5 Å². The molecule has 94 valence electrons. The van der Waals surface area contributed by atoms with Gasteiger partial charge >= 0.3 is 0 Å². The molecule has 2 rings (SSSR count). The molecule has 1 aliphatic heterocycles. The van der Waals surface area contributed by atoms with E-state index in [0.29, 0.717) is 15.8 Å². The molecule has 0 amide bonds. The third kappa shape index (κ3) is 2.40. The molecule has 1 aliphatic rings. The van der Waals surface area contributed by atoms with Gasteiger partial charge in [0.05, 0.1) is 11.6 Å². The van der Waals surface area contributed by atoms with E-state index in [4.69, 9.17) is 4.74 Å². The number of halogens is 2. The van der Waals surface area contributed by atoms with Crippen molar-refractivity contribution in [3.63, 3.8) is 0 Å². The van der Waals surface area contributed by atoms with E-state index < -0.39 is 0 Å². The van der Waals surface area contributed by atoms with Crippen molar-refractivity contribution in [3.05, 3.63) is 21.9 Å². The number of phenolic OH excluding ortho intramolecular Hbond substituents is 1. The first kappa shape index (κ1) is 12.6. The van der Waals surface area contributed by atoms with Crippen molar-refractivity contribution in [2.45, 2.75) is 18.8 Å². The highest BCUT2D eigenvalue weighted by molar-refractivity contribution is 9.10. The molecule has 0 spiro atoms. The topological polar surface area (TPSA) is 41.5 Å². The van der Waals surface area contributed by atoms with Gasteiger partial charge in [-0.25, -0.2) is 4.39 Å². The van der Waals surface area contributed by atoms with Crippen molar-refractivity contribution in [1.82, 2.24) is 5.32 Å². The number of phenols is 1. The molecule has 1 aromatic carbocycles. The average molecular weight is 304 g/mol. The van der Waals surface area contributed by atoms with Gasteiger partial charge in [0.25, 0.3) is 0 Å². The maximum Gasteiger partial charge on any atom is 0.175 e. The molecule has 1 saturated heterocycles. The quantitative estimate of drug-likeness (QED) is 0.883. The molecule has 1 fully saturated rings. The van der Waals surface area contributed by atoms with Crippen molar-refractivity contribution >= 4 is 15.9 Å². The van der Waals surface area contributed by atoms with Crippen LogP contribution >= 0.6 is 15.9 Å². The summed E-state index contributed by atoms with van der Waals surface area (Å²) in [5, 5.41) is 12.8. The summed E-state index contributed by atoms with van der Waals surface area (Å²) in [5.74, 6) is -0.0725. The number of nitrogens with one attached hydrogen (secondary N) is 1. The Balaban J connectivity index is 2.44. The van der Waals surface area contributed by atoms with Crippen LogP contribution in [0, 0.1) is 5.82 Å². The highest BCUT2D eigenvalue weighted by atomic mass is 79.9. The third-order valence-corrected chi connectivity index (χ3v) is 3.93. The summed E-state index contributed by atoms with van der Waals surface area (Å²) >= 11 is 3.33. The fraction of sp³-hybridized carbons (Fsp3) is 0.500.